The Balaban J connectivity index is 2.36. The number of methoxy groups -OCH3 is 1. The molecule has 0 aliphatic heterocycles. The van der Waals surface area contributed by atoms with Crippen LogP contribution in [0.4, 0.5) is 0 Å². The first-order valence-electron chi connectivity index (χ1n) is 6.20. The van der Waals surface area contributed by atoms with E-state index < -0.39 is 8.07 Å². The van der Waals surface area contributed by atoms with Gasteiger partial charge in [0.1, 0.15) is 0 Å². The molecule has 0 saturated heterocycles. The minimum atomic E-state index is -1.13. The zero-order chi connectivity index (χ0) is 12.7. The van der Waals surface area contributed by atoms with E-state index >= 15 is 0 Å². The number of thioether (sulfide) groups is 1. The summed E-state index contributed by atoms with van der Waals surface area (Å²) in [6.45, 7) is 8.05. The third kappa shape index (κ3) is 5.75. The van der Waals surface area contributed by atoms with Crippen LogP contribution in [0.25, 0.3) is 0 Å². The van der Waals surface area contributed by atoms with Crippen molar-refractivity contribution in [2.45, 2.75) is 31.8 Å². The molecule has 0 heterocycles. The first-order chi connectivity index (χ1) is 8.04. The lowest BCUT2D eigenvalue weighted by atomic mass is 10.2. The molecule has 0 fully saturated rings. The highest BCUT2D eigenvalue weighted by molar-refractivity contribution is 7.98. The van der Waals surface area contributed by atoms with E-state index in [0.29, 0.717) is 0 Å². The number of benzene rings is 1. The molecule has 1 aromatic rings. The van der Waals surface area contributed by atoms with Gasteiger partial charge in [0.2, 0.25) is 0 Å². The fourth-order valence-electron chi connectivity index (χ4n) is 1.60. The molecule has 0 aromatic heterocycles. The van der Waals surface area contributed by atoms with Gasteiger partial charge >= 0.3 is 0 Å². The van der Waals surface area contributed by atoms with E-state index in [1.165, 1.54) is 11.3 Å². The second-order valence-corrected chi connectivity index (χ2v) is 11.5. The van der Waals surface area contributed by atoms with Crippen LogP contribution in [0.5, 0.6) is 0 Å². The van der Waals surface area contributed by atoms with Gasteiger partial charge in [0, 0.05) is 19.5 Å². The average molecular weight is 268 g/mol. The molecule has 0 spiro atoms. The Labute approximate surface area is 111 Å². The van der Waals surface area contributed by atoms with Crippen LogP contribution in [0.3, 0.4) is 0 Å². The van der Waals surface area contributed by atoms with E-state index in [0.717, 1.165) is 18.8 Å². The first kappa shape index (κ1) is 14.8. The van der Waals surface area contributed by atoms with Crippen molar-refractivity contribution < 1.29 is 4.74 Å². The van der Waals surface area contributed by atoms with Crippen molar-refractivity contribution in [2.24, 2.45) is 0 Å². The second kappa shape index (κ2) is 7.24. The van der Waals surface area contributed by atoms with Crippen molar-refractivity contribution in [3.05, 3.63) is 29.8 Å². The Morgan fingerprint density at radius 2 is 1.76 bits per heavy atom. The van der Waals surface area contributed by atoms with Gasteiger partial charge in [0.25, 0.3) is 0 Å². The zero-order valence-electron chi connectivity index (χ0n) is 11.5. The topological polar surface area (TPSA) is 9.23 Å². The molecule has 96 valence electrons. The number of ether oxygens (including phenoxy) is 1. The van der Waals surface area contributed by atoms with Crippen molar-refractivity contribution in [1.29, 1.82) is 0 Å². The van der Waals surface area contributed by atoms with Crippen LogP contribution in [0.1, 0.15) is 12.0 Å². The number of hydrogen-bond donors (Lipinski definition) is 0. The highest BCUT2D eigenvalue weighted by atomic mass is 32.2. The zero-order valence-corrected chi connectivity index (χ0v) is 13.3. The summed E-state index contributed by atoms with van der Waals surface area (Å²) in [7, 11) is 0.635. The molecule has 0 aliphatic rings. The predicted octanol–water partition coefficient (Wildman–Crippen LogP) is 3.50. The molecule has 0 radical (unpaired) electrons. The predicted molar refractivity (Wildman–Crippen MR) is 82.1 cm³/mol. The normalized spacial score (nSPS) is 11.8. The fourth-order valence-corrected chi connectivity index (χ4v) is 3.66. The number of rotatable bonds is 7. The summed E-state index contributed by atoms with van der Waals surface area (Å²) in [5, 5.41) is 1.55. The molecule has 0 atom stereocenters. The lowest BCUT2D eigenvalue weighted by Crippen LogP contribution is -2.37. The molecule has 1 aromatic carbocycles. The van der Waals surface area contributed by atoms with Crippen LogP contribution in [0.2, 0.25) is 19.6 Å². The minimum Gasteiger partial charge on any atom is -0.385 e. The molecule has 3 heteroatoms. The lowest BCUT2D eigenvalue weighted by Gasteiger charge is -2.16. The standard InChI is InChI=1S/C14H24OSSi/c1-15-10-5-11-16-12-13-6-8-14(9-7-13)17(2,3)4/h6-9H,5,10-12H2,1-4H3. The molecule has 0 unspecified atom stereocenters. The maximum Gasteiger partial charge on any atom is 0.0775 e. The SMILES string of the molecule is COCCCSCc1ccc([Si](C)(C)C)cc1. The summed E-state index contributed by atoms with van der Waals surface area (Å²) in [6.07, 6.45) is 1.15. The molecule has 0 N–H and O–H groups in total. The Morgan fingerprint density at radius 3 is 2.29 bits per heavy atom. The van der Waals surface area contributed by atoms with Crippen LogP contribution in [0, 0.1) is 0 Å². The van der Waals surface area contributed by atoms with Crippen molar-refractivity contribution >= 4 is 25.0 Å². The van der Waals surface area contributed by atoms with E-state index in [1.807, 2.05) is 11.8 Å². The van der Waals surface area contributed by atoms with Gasteiger partial charge in [-0.2, -0.15) is 11.8 Å². The minimum absolute atomic E-state index is 0.877. The van der Waals surface area contributed by atoms with E-state index in [-0.39, 0.29) is 0 Å². The van der Waals surface area contributed by atoms with E-state index in [4.69, 9.17) is 4.74 Å². The summed E-state index contributed by atoms with van der Waals surface area (Å²) < 4.78 is 5.04. The van der Waals surface area contributed by atoms with E-state index in [9.17, 15) is 0 Å². The van der Waals surface area contributed by atoms with Crippen molar-refractivity contribution in [2.75, 3.05) is 19.5 Å². The third-order valence-electron chi connectivity index (χ3n) is 2.73. The Hall–Kier alpha value is -0.253. The van der Waals surface area contributed by atoms with Gasteiger partial charge in [-0.05, 0) is 17.7 Å². The third-order valence-corrected chi connectivity index (χ3v) is 5.91. The molecular formula is C14H24OSSi. The highest BCUT2D eigenvalue weighted by Gasteiger charge is 2.15. The summed E-state index contributed by atoms with van der Waals surface area (Å²) >= 11 is 1.99. The fraction of sp³-hybridized carbons (Fsp3) is 0.571. The largest absolute Gasteiger partial charge is 0.385 e. The van der Waals surface area contributed by atoms with Crippen LogP contribution in [0.15, 0.2) is 24.3 Å². The van der Waals surface area contributed by atoms with Crippen LogP contribution >= 0.6 is 11.8 Å². The smallest absolute Gasteiger partial charge is 0.0775 e. The van der Waals surface area contributed by atoms with Crippen molar-refractivity contribution in [3.63, 3.8) is 0 Å². The quantitative estimate of drug-likeness (QED) is 0.553. The summed E-state index contributed by atoms with van der Waals surface area (Å²) in [6, 6.07) is 9.21. The Bertz CT molecular complexity index is 316. The van der Waals surface area contributed by atoms with E-state index in [2.05, 4.69) is 43.9 Å². The molecule has 1 rings (SSSR count). The van der Waals surface area contributed by atoms with Crippen molar-refractivity contribution in [1.82, 2.24) is 0 Å². The van der Waals surface area contributed by atoms with E-state index in [1.54, 1.807) is 12.3 Å². The van der Waals surface area contributed by atoms with Gasteiger partial charge in [-0.25, -0.2) is 0 Å². The highest BCUT2D eigenvalue weighted by Crippen LogP contribution is 2.13. The first-order valence-corrected chi connectivity index (χ1v) is 10.9. The van der Waals surface area contributed by atoms with Gasteiger partial charge < -0.3 is 4.74 Å². The molecule has 17 heavy (non-hydrogen) atoms. The van der Waals surface area contributed by atoms with Gasteiger partial charge in [-0.3, -0.25) is 0 Å². The Kier molecular flexibility index (Phi) is 6.31. The number of hydrogen-bond acceptors (Lipinski definition) is 2. The van der Waals surface area contributed by atoms with Crippen LogP contribution < -0.4 is 5.19 Å². The Morgan fingerprint density at radius 1 is 1.12 bits per heavy atom. The maximum absolute atomic E-state index is 5.04. The van der Waals surface area contributed by atoms with Gasteiger partial charge in [0.15, 0.2) is 0 Å². The average Bonchev–Trinajstić information content (AvgIpc) is 2.28. The monoisotopic (exact) mass is 268 g/mol. The summed E-state index contributed by atoms with van der Waals surface area (Å²) in [4.78, 5) is 0. The van der Waals surface area contributed by atoms with Gasteiger partial charge in [-0.15, -0.1) is 0 Å². The van der Waals surface area contributed by atoms with Crippen molar-refractivity contribution in [3.8, 4) is 0 Å². The molecule has 0 saturated carbocycles. The van der Waals surface area contributed by atoms with Gasteiger partial charge in [0.05, 0.1) is 8.07 Å². The molecule has 0 amide bonds. The molecule has 0 bridgehead atoms. The second-order valence-electron chi connectivity index (χ2n) is 5.35. The molecular weight excluding hydrogens is 244 g/mol. The van der Waals surface area contributed by atoms with Crippen LogP contribution in [-0.2, 0) is 10.5 Å². The van der Waals surface area contributed by atoms with Gasteiger partial charge in [-0.1, -0.05) is 49.1 Å². The maximum atomic E-state index is 5.04. The summed E-state index contributed by atoms with van der Waals surface area (Å²) in [5.41, 5.74) is 1.44. The molecule has 0 aliphatic carbocycles. The summed E-state index contributed by atoms with van der Waals surface area (Å²) in [5.74, 6) is 2.30. The molecule has 1 nitrogen and oxygen atoms in total. The lowest BCUT2D eigenvalue weighted by molar-refractivity contribution is 0.200. The van der Waals surface area contributed by atoms with Crippen LogP contribution in [-0.4, -0.2) is 27.5 Å².